The van der Waals surface area contributed by atoms with Gasteiger partial charge in [-0.2, -0.15) is 0 Å². The summed E-state index contributed by atoms with van der Waals surface area (Å²) in [4.78, 5) is 16.9. The molecule has 1 aliphatic carbocycles. The van der Waals surface area contributed by atoms with Gasteiger partial charge in [-0.1, -0.05) is 46.8 Å². The molecule has 2 aliphatic rings. The SMILES string of the molecule is O=C(CSc1nnc(N2CCOCC2)s1)N(Cc1nnc(-c2ccccc2Cl)o1)C1CC1. The second-order valence-electron chi connectivity index (χ2n) is 7.47. The predicted molar refractivity (Wildman–Crippen MR) is 122 cm³/mol. The van der Waals surface area contributed by atoms with Crippen molar-refractivity contribution in [3.8, 4) is 11.5 Å². The number of aromatic nitrogens is 4. The van der Waals surface area contributed by atoms with Crippen molar-refractivity contribution >= 4 is 45.7 Å². The zero-order valence-corrected chi connectivity index (χ0v) is 19.5. The monoisotopic (exact) mass is 492 g/mol. The molecule has 32 heavy (non-hydrogen) atoms. The molecule has 1 amide bonds. The molecular formula is C20H21ClN6O3S2. The lowest BCUT2D eigenvalue weighted by atomic mass is 10.2. The minimum Gasteiger partial charge on any atom is -0.419 e. The largest absolute Gasteiger partial charge is 0.419 e. The Morgan fingerprint density at radius 2 is 2.00 bits per heavy atom. The number of carbonyl (C=O) groups is 1. The summed E-state index contributed by atoms with van der Waals surface area (Å²) in [7, 11) is 0. The normalized spacial score (nSPS) is 16.3. The van der Waals surface area contributed by atoms with E-state index in [4.69, 9.17) is 20.8 Å². The average Bonchev–Trinajstić information content (AvgIpc) is 3.36. The number of halogens is 1. The predicted octanol–water partition coefficient (Wildman–Crippen LogP) is 3.36. The molecule has 2 fully saturated rings. The lowest BCUT2D eigenvalue weighted by Crippen LogP contribution is -2.36. The fraction of sp³-hybridized carbons (Fsp3) is 0.450. The van der Waals surface area contributed by atoms with Gasteiger partial charge in [0.15, 0.2) is 4.34 Å². The van der Waals surface area contributed by atoms with E-state index in [0.717, 1.165) is 35.4 Å². The number of anilines is 1. The van der Waals surface area contributed by atoms with Crippen molar-refractivity contribution in [3.05, 3.63) is 35.2 Å². The third-order valence-electron chi connectivity index (χ3n) is 5.18. The second-order valence-corrected chi connectivity index (χ2v) is 10.1. The van der Waals surface area contributed by atoms with Crippen molar-refractivity contribution in [1.29, 1.82) is 0 Å². The van der Waals surface area contributed by atoms with Crippen molar-refractivity contribution < 1.29 is 13.9 Å². The van der Waals surface area contributed by atoms with Crippen LogP contribution >= 0.6 is 34.7 Å². The van der Waals surface area contributed by atoms with E-state index in [9.17, 15) is 4.79 Å². The summed E-state index contributed by atoms with van der Waals surface area (Å²) in [6.45, 7) is 3.31. The maximum atomic E-state index is 13.0. The molecule has 168 valence electrons. The number of carbonyl (C=O) groups excluding carboxylic acids is 1. The number of nitrogens with zero attached hydrogens (tertiary/aromatic N) is 6. The van der Waals surface area contributed by atoms with E-state index in [2.05, 4.69) is 25.3 Å². The van der Waals surface area contributed by atoms with Gasteiger partial charge in [0.25, 0.3) is 0 Å². The maximum absolute atomic E-state index is 13.0. The van der Waals surface area contributed by atoms with Gasteiger partial charge in [-0.25, -0.2) is 0 Å². The second kappa shape index (κ2) is 9.74. The zero-order valence-electron chi connectivity index (χ0n) is 17.1. The van der Waals surface area contributed by atoms with Crippen molar-refractivity contribution in [2.24, 2.45) is 0 Å². The highest BCUT2D eigenvalue weighted by Gasteiger charge is 2.34. The van der Waals surface area contributed by atoms with Crippen molar-refractivity contribution in [3.63, 3.8) is 0 Å². The van der Waals surface area contributed by atoms with E-state index in [1.54, 1.807) is 6.07 Å². The summed E-state index contributed by atoms with van der Waals surface area (Å²) in [5, 5.41) is 18.2. The molecule has 0 unspecified atom stereocenters. The molecule has 12 heteroatoms. The van der Waals surface area contributed by atoms with Gasteiger partial charge in [0.1, 0.15) is 0 Å². The summed E-state index contributed by atoms with van der Waals surface area (Å²) in [6.07, 6.45) is 1.98. The summed E-state index contributed by atoms with van der Waals surface area (Å²) < 4.78 is 12.0. The van der Waals surface area contributed by atoms with Gasteiger partial charge in [0, 0.05) is 19.1 Å². The first kappa shape index (κ1) is 21.6. The van der Waals surface area contributed by atoms with Crippen LogP contribution < -0.4 is 4.90 Å². The smallest absolute Gasteiger partial charge is 0.249 e. The Morgan fingerprint density at radius 3 is 2.78 bits per heavy atom. The quantitative estimate of drug-likeness (QED) is 0.438. The Labute approximate surface area is 198 Å². The molecule has 0 spiro atoms. The molecule has 0 bridgehead atoms. The Bertz CT molecular complexity index is 1080. The lowest BCUT2D eigenvalue weighted by Gasteiger charge is -2.25. The number of hydrogen-bond acceptors (Lipinski definition) is 10. The highest BCUT2D eigenvalue weighted by molar-refractivity contribution is 8.01. The van der Waals surface area contributed by atoms with Gasteiger partial charge < -0.3 is 19.0 Å². The third-order valence-corrected chi connectivity index (χ3v) is 7.61. The molecule has 9 nitrogen and oxygen atoms in total. The summed E-state index contributed by atoms with van der Waals surface area (Å²) in [5.41, 5.74) is 0.681. The van der Waals surface area contributed by atoms with Crippen molar-refractivity contribution in [1.82, 2.24) is 25.3 Å². The number of benzene rings is 1. The number of hydrogen-bond donors (Lipinski definition) is 0. The van der Waals surface area contributed by atoms with Crippen LogP contribution in [0.3, 0.4) is 0 Å². The van der Waals surface area contributed by atoms with E-state index in [1.165, 1.54) is 23.1 Å². The standard InChI is InChI=1S/C20H21ClN6O3S2/c21-15-4-2-1-3-14(15)18-23-22-16(30-18)11-27(13-5-6-13)17(28)12-31-20-25-24-19(32-20)26-7-9-29-10-8-26/h1-4,13H,5-12H2. The first-order valence-corrected chi connectivity index (χ1v) is 12.5. The molecule has 0 N–H and O–H groups in total. The minimum atomic E-state index is 0.0260. The fourth-order valence-corrected chi connectivity index (χ4v) is 5.36. The molecule has 3 heterocycles. The van der Waals surface area contributed by atoms with Crippen LogP contribution in [0, 0.1) is 0 Å². The molecule has 1 aliphatic heterocycles. The van der Waals surface area contributed by atoms with Crippen LogP contribution in [0.5, 0.6) is 0 Å². The number of rotatable bonds is 8. The lowest BCUT2D eigenvalue weighted by molar-refractivity contribution is -0.129. The van der Waals surface area contributed by atoms with Crippen molar-refractivity contribution in [2.75, 3.05) is 37.0 Å². The van der Waals surface area contributed by atoms with Gasteiger partial charge in [-0.05, 0) is 25.0 Å². The molecule has 1 aromatic carbocycles. The molecule has 1 saturated heterocycles. The molecule has 1 saturated carbocycles. The Hall–Kier alpha value is -2.21. The molecule has 0 radical (unpaired) electrons. The number of morpholine rings is 1. The van der Waals surface area contributed by atoms with E-state index in [-0.39, 0.29) is 18.5 Å². The highest BCUT2D eigenvalue weighted by atomic mass is 35.5. The number of thioether (sulfide) groups is 1. The average molecular weight is 493 g/mol. The van der Waals surface area contributed by atoms with Crippen LogP contribution in [-0.4, -0.2) is 69.3 Å². The van der Waals surface area contributed by atoms with Crippen molar-refractivity contribution in [2.45, 2.75) is 29.8 Å². The fourth-order valence-electron chi connectivity index (χ4n) is 3.36. The Morgan fingerprint density at radius 1 is 1.19 bits per heavy atom. The van der Waals surface area contributed by atoms with Crippen LogP contribution in [0.4, 0.5) is 5.13 Å². The van der Waals surface area contributed by atoms with Crippen LogP contribution in [-0.2, 0) is 16.1 Å². The molecule has 0 atom stereocenters. The van der Waals surface area contributed by atoms with Gasteiger partial charge >= 0.3 is 0 Å². The first-order chi connectivity index (χ1) is 15.7. The summed E-state index contributed by atoms with van der Waals surface area (Å²) in [5.74, 6) is 1.07. The molecule has 2 aromatic heterocycles. The molecule has 3 aromatic rings. The minimum absolute atomic E-state index is 0.0260. The maximum Gasteiger partial charge on any atom is 0.249 e. The van der Waals surface area contributed by atoms with Gasteiger partial charge in [-0.15, -0.1) is 20.4 Å². The van der Waals surface area contributed by atoms with E-state index >= 15 is 0 Å². The van der Waals surface area contributed by atoms with Gasteiger partial charge in [0.05, 0.1) is 36.1 Å². The number of amides is 1. The molecular weight excluding hydrogens is 472 g/mol. The highest BCUT2D eigenvalue weighted by Crippen LogP contribution is 2.32. The van der Waals surface area contributed by atoms with Crippen LogP contribution in [0.15, 0.2) is 33.0 Å². The van der Waals surface area contributed by atoms with Crippen LogP contribution in [0.2, 0.25) is 5.02 Å². The van der Waals surface area contributed by atoms with Gasteiger partial charge in [-0.3, -0.25) is 4.79 Å². The summed E-state index contributed by atoms with van der Waals surface area (Å²) in [6, 6.07) is 7.52. The Balaban J connectivity index is 1.20. The number of ether oxygens (including phenoxy) is 1. The zero-order chi connectivity index (χ0) is 21.9. The van der Waals surface area contributed by atoms with E-state index < -0.39 is 0 Å². The van der Waals surface area contributed by atoms with Gasteiger partial charge in [0.2, 0.25) is 22.8 Å². The first-order valence-electron chi connectivity index (χ1n) is 10.3. The molecule has 5 rings (SSSR count). The van der Waals surface area contributed by atoms with E-state index in [1.807, 2.05) is 23.1 Å². The van der Waals surface area contributed by atoms with E-state index in [0.29, 0.717) is 41.3 Å². The summed E-state index contributed by atoms with van der Waals surface area (Å²) >= 11 is 9.14. The Kier molecular flexibility index (Phi) is 6.58. The third kappa shape index (κ3) is 5.06. The van der Waals surface area contributed by atoms with Crippen LogP contribution in [0.25, 0.3) is 11.5 Å². The van der Waals surface area contributed by atoms with Crippen LogP contribution in [0.1, 0.15) is 18.7 Å². The topological polar surface area (TPSA) is 97.5 Å².